The highest BCUT2D eigenvalue weighted by Gasteiger charge is 2.19. The zero-order valence-electron chi connectivity index (χ0n) is 9.70. The van der Waals surface area contributed by atoms with E-state index < -0.39 is 0 Å². The van der Waals surface area contributed by atoms with Crippen LogP contribution in [-0.2, 0) is 11.2 Å². The highest BCUT2D eigenvalue weighted by molar-refractivity contribution is 9.10. The second-order valence-electron chi connectivity index (χ2n) is 3.61. The lowest BCUT2D eigenvalue weighted by Crippen LogP contribution is -2.46. The molecule has 3 N–H and O–H groups in total. The van der Waals surface area contributed by atoms with Gasteiger partial charge in [0.2, 0.25) is 0 Å². The molecule has 0 spiro atoms. The molecule has 1 aromatic rings. The molecule has 0 aliphatic carbocycles. The maximum atomic E-state index is 5.67. The van der Waals surface area contributed by atoms with E-state index in [9.17, 15) is 0 Å². The summed E-state index contributed by atoms with van der Waals surface area (Å²) in [6.07, 6.45) is 2.05. The third-order valence-electron chi connectivity index (χ3n) is 2.49. The Kier molecular flexibility index (Phi) is 6.53. The Hall–Kier alpha value is 0.0600. The van der Waals surface area contributed by atoms with Crippen molar-refractivity contribution in [1.82, 2.24) is 5.43 Å². The van der Waals surface area contributed by atoms with Crippen molar-refractivity contribution in [2.75, 3.05) is 6.61 Å². The minimum Gasteiger partial charge on any atom is -0.377 e. The third kappa shape index (κ3) is 4.14. The summed E-state index contributed by atoms with van der Waals surface area (Å²) in [5, 5.41) is 2.09. The van der Waals surface area contributed by atoms with Crippen molar-refractivity contribution in [1.29, 1.82) is 0 Å². The number of halogens is 1. The third-order valence-corrected chi connectivity index (χ3v) is 4.21. The van der Waals surface area contributed by atoms with Gasteiger partial charge in [-0.05, 0) is 35.3 Å². The summed E-state index contributed by atoms with van der Waals surface area (Å²) in [5.41, 5.74) is 2.86. The van der Waals surface area contributed by atoms with Crippen LogP contribution in [0.5, 0.6) is 0 Å². The molecule has 0 aliphatic heterocycles. The molecular weight excluding hydrogens is 288 g/mol. The first-order chi connectivity index (χ1) is 7.71. The van der Waals surface area contributed by atoms with Gasteiger partial charge >= 0.3 is 0 Å². The van der Waals surface area contributed by atoms with E-state index in [-0.39, 0.29) is 12.1 Å². The molecule has 1 aromatic heterocycles. The molecule has 2 atom stereocenters. The van der Waals surface area contributed by atoms with Crippen LogP contribution >= 0.6 is 27.3 Å². The van der Waals surface area contributed by atoms with Crippen molar-refractivity contribution in [3.63, 3.8) is 0 Å². The summed E-state index contributed by atoms with van der Waals surface area (Å²) >= 11 is 5.20. The first kappa shape index (κ1) is 14.1. The van der Waals surface area contributed by atoms with Crippen molar-refractivity contribution >= 4 is 27.3 Å². The van der Waals surface area contributed by atoms with Crippen molar-refractivity contribution in [3.05, 3.63) is 20.8 Å². The normalized spacial score (nSPS) is 15.0. The average molecular weight is 307 g/mol. The molecule has 0 bridgehead atoms. The van der Waals surface area contributed by atoms with Crippen LogP contribution in [0.2, 0.25) is 0 Å². The van der Waals surface area contributed by atoms with Crippen LogP contribution in [-0.4, -0.2) is 18.8 Å². The number of thiophene rings is 1. The molecule has 0 aliphatic rings. The highest BCUT2D eigenvalue weighted by Crippen LogP contribution is 2.22. The molecule has 0 amide bonds. The number of nitrogens with two attached hydrogens (primary N) is 1. The van der Waals surface area contributed by atoms with Crippen LogP contribution in [0.1, 0.15) is 25.1 Å². The molecule has 0 fully saturated rings. The summed E-state index contributed by atoms with van der Waals surface area (Å²) in [6.45, 7) is 4.86. The molecule has 0 aromatic carbocycles. The van der Waals surface area contributed by atoms with E-state index in [1.807, 2.05) is 6.92 Å². The Balaban J connectivity index is 2.59. The van der Waals surface area contributed by atoms with Gasteiger partial charge in [-0.15, -0.1) is 11.3 Å². The van der Waals surface area contributed by atoms with Gasteiger partial charge in [-0.25, -0.2) is 0 Å². The van der Waals surface area contributed by atoms with Gasteiger partial charge in [0.1, 0.15) is 0 Å². The van der Waals surface area contributed by atoms with Gasteiger partial charge in [0, 0.05) is 27.8 Å². The predicted molar refractivity (Wildman–Crippen MR) is 72.5 cm³/mol. The maximum absolute atomic E-state index is 5.67. The van der Waals surface area contributed by atoms with Gasteiger partial charge in [-0.3, -0.25) is 11.3 Å². The van der Waals surface area contributed by atoms with Gasteiger partial charge in [0.05, 0.1) is 12.1 Å². The van der Waals surface area contributed by atoms with E-state index in [4.69, 9.17) is 10.6 Å². The molecule has 3 nitrogen and oxygen atoms in total. The predicted octanol–water partition coefficient (Wildman–Crippen LogP) is 2.70. The molecule has 0 saturated heterocycles. The Morgan fingerprint density at radius 1 is 1.56 bits per heavy atom. The summed E-state index contributed by atoms with van der Waals surface area (Å²) < 4.78 is 6.81. The van der Waals surface area contributed by atoms with Crippen LogP contribution < -0.4 is 11.3 Å². The minimum absolute atomic E-state index is 0.176. The number of rotatable bonds is 7. The molecule has 2 unspecified atom stereocenters. The average Bonchev–Trinajstić information content (AvgIpc) is 2.69. The van der Waals surface area contributed by atoms with E-state index in [0.717, 1.165) is 23.9 Å². The van der Waals surface area contributed by atoms with Gasteiger partial charge in [-0.2, -0.15) is 0 Å². The van der Waals surface area contributed by atoms with Crippen LogP contribution in [0.25, 0.3) is 0 Å². The molecule has 1 rings (SSSR count). The lowest BCUT2D eigenvalue weighted by molar-refractivity contribution is 0.0321. The van der Waals surface area contributed by atoms with E-state index in [1.54, 1.807) is 11.3 Å². The summed E-state index contributed by atoms with van der Waals surface area (Å²) in [7, 11) is 0. The molecule has 0 radical (unpaired) electrons. The summed E-state index contributed by atoms with van der Waals surface area (Å²) in [4.78, 5) is 1.31. The van der Waals surface area contributed by atoms with Crippen LogP contribution in [0, 0.1) is 0 Å². The Morgan fingerprint density at radius 3 is 2.75 bits per heavy atom. The van der Waals surface area contributed by atoms with Crippen molar-refractivity contribution in [2.24, 2.45) is 5.84 Å². The zero-order chi connectivity index (χ0) is 12.0. The van der Waals surface area contributed by atoms with E-state index in [1.165, 1.54) is 4.88 Å². The Morgan fingerprint density at radius 2 is 2.31 bits per heavy atom. The lowest BCUT2D eigenvalue weighted by atomic mass is 10.0. The quantitative estimate of drug-likeness (QED) is 0.601. The number of ether oxygens (including phenoxy) is 1. The van der Waals surface area contributed by atoms with Crippen LogP contribution in [0.3, 0.4) is 0 Å². The van der Waals surface area contributed by atoms with Crippen LogP contribution in [0.4, 0.5) is 0 Å². The lowest BCUT2D eigenvalue weighted by Gasteiger charge is -2.25. The fraction of sp³-hybridized carbons (Fsp3) is 0.636. The van der Waals surface area contributed by atoms with Gasteiger partial charge in [0.25, 0.3) is 0 Å². The number of hydrazine groups is 1. The largest absolute Gasteiger partial charge is 0.377 e. The fourth-order valence-corrected chi connectivity index (χ4v) is 3.22. The maximum Gasteiger partial charge on any atom is 0.0742 e. The van der Waals surface area contributed by atoms with Crippen molar-refractivity contribution in [2.45, 2.75) is 38.8 Å². The topological polar surface area (TPSA) is 47.3 Å². The molecule has 1 heterocycles. The van der Waals surface area contributed by atoms with Crippen molar-refractivity contribution < 1.29 is 4.74 Å². The van der Waals surface area contributed by atoms with Crippen LogP contribution in [0.15, 0.2) is 15.9 Å². The van der Waals surface area contributed by atoms with Gasteiger partial charge < -0.3 is 4.74 Å². The number of nitrogens with one attached hydrogen (secondary N) is 1. The fourth-order valence-electron chi connectivity index (χ4n) is 1.71. The van der Waals surface area contributed by atoms with E-state index >= 15 is 0 Å². The van der Waals surface area contributed by atoms with Gasteiger partial charge in [0.15, 0.2) is 0 Å². The molecule has 92 valence electrons. The van der Waals surface area contributed by atoms with E-state index in [2.05, 4.69) is 39.7 Å². The Bertz CT molecular complexity index is 306. The smallest absolute Gasteiger partial charge is 0.0742 e. The zero-order valence-corrected chi connectivity index (χ0v) is 12.1. The standard InChI is InChI=1S/C11H19BrN2OS/c1-3-11(15-4-2)10(14-13)6-9-5-8(12)7-16-9/h5,7,10-11,14H,3-4,6,13H2,1-2H3. The molecule has 0 saturated carbocycles. The second-order valence-corrected chi connectivity index (χ2v) is 5.52. The van der Waals surface area contributed by atoms with Gasteiger partial charge in [-0.1, -0.05) is 6.92 Å². The van der Waals surface area contributed by atoms with E-state index in [0.29, 0.717) is 0 Å². The second kappa shape index (κ2) is 7.40. The first-order valence-electron chi connectivity index (χ1n) is 5.51. The molecule has 5 heteroatoms. The Labute approximate surface area is 109 Å². The van der Waals surface area contributed by atoms with Crippen molar-refractivity contribution in [3.8, 4) is 0 Å². The molecule has 16 heavy (non-hydrogen) atoms. The SMILES string of the molecule is CCOC(CC)C(Cc1cc(Br)cs1)NN. The number of hydrogen-bond donors (Lipinski definition) is 2. The molecular formula is C11H19BrN2OS. The summed E-state index contributed by atoms with van der Waals surface area (Å²) in [6, 6.07) is 2.31. The summed E-state index contributed by atoms with van der Waals surface area (Å²) in [5.74, 6) is 5.60. The number of hydrogen-bond acceptors (Lipinski definition) is 4. The highest BCUT2D eigenvalue weighted by atomic mass is 79.9. The first-order valence-corrected chi connectivity index (χ1v) is 7.19. The minimum atomic E-state index is 0.176. The monoisotopic (exact) mass is 306 g/mol.